The largest absolute Gasteiger partial charge is 0.480 e. The van der Waals surface area contributed by atoms with Crippen LogP contribution in [-0.2, 0) is 9.59 Å². The quantitative estimate of drug-likeness (QED) is 0.710. The Kier molecular flexibility index (Phi) is 4.27. The molecule has 0 aromatic rings. The van der Waals surface area contributed by atoms with Crippen molar-refractivity contribution >= 4 is 11.9 Å². The van der Waals surface area contributed by atoms with E-state index in [9.17, 15) is 9.59 Å². The van der Waals surface area contributed by atoms with E-state index in [1.54, 1.807) is 0 Å². The Labute approximate surface area is 90.2 Å². The Morgan fingerprint density at radius 1 is 1.33 bits per heavy atom. The van der Waals surface area contributed by atoms with Crippen LogP contribution in [0, 0.1) is 5.41 Å². The molecule has 5 heteroatoms. The van der Waals surface area contributed by atoms with Crippen molar-refractivity contribution in [1.29, 1.82) is 0 Å². The van der Waals surface area contributed by atoms with Gasteiger partial charge in [-0.05, 0) is 12.3 Å². The van der Waals surface area contributed by atoms with Crippen LogP contribution < -0.4 is 5.73 Å². The van der Waals surface area contributed by atoms with Crippen LogP contribution in [0.15, 0.2) is 0 Å². The van der Waals surface area contributed by atoms with E-state index in [4.69, 9.17) is 10.8 Å². The number of rotatable bonds is 3. The van der Waals surface area contributed by atoms with Crippen LogP contribution in [0.5, 0.6) is 0 Å². The number of amides is 1. The zero-order valence-electron chi connectivity index (χ0n) is 9.94. The zero-order valence-corrected chi connectivity index (χ0v) is 9.94. The molecule has 15 heavy (non-hydrogen) atoms. The van der Waals surface area contributed by atoms with Crippen LogP contribution in [0.3, 0.4) is 0 Å². The van der Waals surface area contributed by atoms with Crippen molar-refractivity contribution in [2.75, 3.05) is 7.05 Å². The maximum Gasteiger partial charge on any atom is 0.326 e. The Morgan fingerprint density at radius 2 is 1.73 bits per heavy atom. The van der Waals surface area contributed by atoms with Gasteiger partial charge in [-0.3, -0.25) is 4.79 Å². The van der Waals surface area contributed by atoms with Gasteiger partial charge in [-0.15, -0.1) is 0 Å². The number of carboxylic acids is 1. The summed E-state index contributed by atoms with van der Waals surface area (Å²) < 4.78 is 0. The molecule has 0 radical (unpaired) electrons. The second-order valence-electron chi connectivity index (χ2n) is 4.81. The fourth-order valence-electron chi connectivity index (χ4n) is 0.946. The molecule has 0 heterocycles. The number of hydrogen-bond donors (Lipinski definition) is 2. The predicted molar refractivity (Wildman–Crippen MR) is 57.3 cm³/mol. The van der Waals surface area contributed by atoms with Crippen molar-refractivity contribution in [1.82, 2.24) is 4.90 Å². The molecule has 0 aromatic carbocycles. The van der Waals surface area contributed by atoms with Gasteiger partial charge in [0.1, 0.15) is 6.04 Å². The van der Waals surface area contributed by atoms with E-state index < -0.39 is 18.1 Å². The summed E-state index contributed by atoms with van der Waals surface area (Å²) >= 11 is 0. The number of nitrogens with two attached hydrogens (primary N) is 1. The Morgan fingerprint density at radius 3 is 2.00 bits per heavy atom. The van der Waals surface area contributed by atoms with Crippen LogP contribution in [-0.4, -0.2) is 41.0 Å². The van der Waals surface area contributed by atoms with Gasteiger partial charge < -0.3 is 15.7 Å². The third-order valence-corrected chi connectivity index (χ3v) is 2.49. The molecule has 0 spiro atoms. The fraction of sp³-hybridized carbons (Fsp3) is 0.800. The topological polar surface area (TPSA) is 83.6 Å². The van der Waals surface area contributed by atoms with Gasteiger partial charge in [0.05, 0.1) is 6.04 Å². The molecule has 0 rings (SSSR count). The van der Waals surface area contributed by atoms with E-state index in [2.05, 4.69) is 0 Å². The van der Waals surface area contributed by atoms with E-state index in [0.717, 1.165) is 4.90 Å². The first-order chi connectivity index (χ1) is 6.59. The van der Waals surface area contributed by atoms with Crippen molar-refractivity contribution in [3.8, 4) is 0 Å². The SMILES string of the molecule is CC(C(=O)O)N(C)C(=O)[C@H](N)C(C)(C)C. The lowest BCUT2D eigenvalue weighted by Gasteiger charge is -2.31. The van der Waals surface area contributed by atoms with E-state index >= 15 is 0 Å². The van der Waals surface area contributed by atoms with Crippen LogP contribution in [0.4, 0.5) is 0 Å². The fourth-order valence-corrected chi connectivity index (χ4v) is 0.946. The summed E-state index contributed by atoms with van der Waals surface area (Å²) in [6, 6.07) is -1.55. The summed E-state index contributed by atoms with van der Waals surface area (Å²) in [5.74, 6) is -1.38. The number of carbonyl (C=O) groups is 2. The molecule has 5 nitrogen and oxygen atoms in total. The van der Waals surface area contributed by atoms with Crippen molar-refractivity contribution in [2.24, 2.45) is 11.1 Å². The molecule has 3 N–H and O–H groups in total. The molecule has 0 aliphatic rings. The van der Waals surface area contributed by atoms with Gasteiger partial charge in [-0.1, -0.05) is 20.8 Å². The highest BCUT2D eigenvalue weighted by atomic mass is 16.4. The van der Waals surface area contributed by atoms with Crippen LogP contribution in [0.1, 0.15) is 27.7 Å². The van der Waals surface area contributed by atoms with E-state index in [1.807, 2.05) is 20.8 Å². The monoisotopic (exact) mass is 216 g/mol. The second-order valence-corrected chi connectivity index (χ2v) is 4.81. The highest BCUT2D eigenvalue weighted by Gasteiger charge is 2.32. The van der Waals surface area contributed by atoms with E-state index in [1.165, 1.54) is 14.0 Å². The number of aliphatic carboxylic acids is 1. The summed E-state index contributed by atoms with van der Waals surface area (Å²) in [6.07, 6.45) is 0. The summed E-state index contributed by atoms with van der Waals surface area (Å²) in [4.78, 5) is 23.6. The van der Waals surface area contributed by atoms with Crippen LogP contribution in [0.2, 0.25) is 0 Å². The van der Waals surface area contributed by atoms with Gasteiger partial charge in [0.15, 0.2) is 0 Å². The number of carbonyl (C=O) groups excluding carboxylic acids is 1. The van der Waals surface area contributed by atoms with Gasteiger partial charge in [0.25, 0.3) is 0 Å². The molecular weight excluding hydrogens is 196 g/mol. The maximum atomic E-state index is 11.8. The van der Waals surface area contributed by atoms with Crippen LogP contribution in [0.25, 0.3) is 0 Å². The van der Waals surface area contributed by atoms with Crippen LogP contribution >= 0.6 is 0 Å². The van der Waals surface area contributed by atoms with E-state index in [-0.39, 0.29) is 11.3 Å². The lowest BCUT2D eigenvalue weighted by atomic mass is 9.86. The third-order valence-electron chi connectivity index (χ3n) is 2.49. The first-order valence-electron chi connectivity index (χ1n) is 4.84. The average molecular weight is 216 g/mol. The van der Waals surface area contributed by atoms with Crippen molar-refractivity contribution in [2.45, 2.75) is 39.8 Å². The Balaban J connectivity index is 4.66. The van der Waals surface area contributed by atoms with Gasteiger partial charge >= 0.3 is 5.97 Å². The third kappa shape index (κ3) is 3.51. The maximum absolute atomic E-state index is 11.8. The second kappa shape index (κ2) is 4.61. The number of hydrogen-bond acceptors (Lipinski definition) is 3. The molecule has 0 saturated carbocycles. The van der Waals surface area contributed by atoms with Gasteiger partial charge in [-0.25, -0.2) is 4.79 Å². The molecule has 1 amide bonds. The molecule has 0 aromatic heterocycles. The smallest absolute Gasteiger partial charge is 0.326 e. The molecule has 0 aliphatic heterocycles. The highest BCUT2D eigenvalue weighted by molar-refractivity contribution is 5.86. The molecule has 0 fully saturated rings. The molecule has 2 atom stereocenters. The Bertz CT molecular complexity index is 258. The van der Waals surface area contributed by atoms with Gasteiger partial charge in [0.2, 0.25) is 5.91 Å². The lowest BCUT2D eigenvalue weighted by Crippen LogP contribution is -2.53. The first-order valence-corrected chi connectivity index (χ1v) is 4.84. The molecule has 0 aliphatic carbocycles. The summed E-state index contributed by atoms with van der Waals surface area (Å²) in [5, 5.41) is 8.75. The molecular formula is C10H20N2O3. The lowest BCUT2D eigenvalue weighted by molar-refractivity contribution is -0.149. The summed E-state index contributed by atoms with van der Waals surface area (Å²) in [5.41, 5.74) is 5.38. The minimum absolute atomic E-state index is 0.350. The summed E-state index contributed by atoms with van der Waals surface area (Å²) in [6.45, 7) is 6.98. The standard InChI is InChI=1S/C10H20N2O3/c1-6(9(14)15)12(5)8(13)7(11)10(2,3)4/h6-7H,11H2,1-5H3,(H,14,15)/t6?,7-/m0/s1. The van der Waals surface area contributed by atoms with E-state index in [0.29, 0.717) is 0 Å². The minimum Gasteiger partial charge on any atom is -0.480 e. The van der Waals surface area contributed by atoms with Crippen molar-refractivity contribution in [3.05, 3.63) is 0 Å². The van der Waals surface area contributed by atoms with Gasteiger partial charge in [0, 0.05) is 7.05 Å². The average Bonchev–Trinajstić information content (AvgIpc) is 2.11. The zero-order chi connectivity index (χ0) is 12.4. The molecule has 0 bridgehead atoms. The first kappa shape index (κ1) is 13.9. The molecule has 1 unspecified atom stereocenters. The predicted octanol–water partition coefficient (Wildman–Crippen LogP) is 0.291. The van der Waals surface area contributed by atoms with Crippen molar-refractivity contribution < 1.29 is 14.7 Å². The number of carboxylic acid groups (broad SMARTS) is 1. The Hall–Kier alpha value is -1.10. The minimum atomic E-state index is -1.04. The van der Waals surface area contributed by atoms with Crippen molar-refractivity contribution in [3.63, 3.8) is 0 Å². The molecule has 0 saturated heterocycles. The number of likely N-dealkylation sites (N-methyl/N-ethyl adjacent to an activating group) is 1. The highest BCUT2D eigenvalue weighted by Crippen LogP contribution is 2.19. The molecule has 88 valence electrons. The summed E-state index contributed by atoms with van der Waals surface area (Å²) in [7, 11) is 1.45. The van der Waals surface area contributed by atoms with Gasteiger partial charge in [-0.2, -0.15) is 0 Å². The number of nitrogens with zero attached hydrogens (tertiary/aromatic N) is 1. The normalized spacial score (nSPS) is 15.6.